The van der Waals surface area contributed by atoms with Crippen molar-refractivity contribution in [3.8, 4) is 0 Å². The van der Waals surface area contributed by atoms with Crippen LogP contribution in [0.1, 0.15) is 52.9 Å². The van der Waals surface area contributed by atoms with Gasteiger partial charge in [-0.1, -0.05) is 26.2 Å². The molecule has 0 amide bonds. The average molecular weight is 262 g/mol. The summed E-state index contributed by atoms with van der Waals surface area (Å²) in [5.74, 6) is 0.789. The molecule has 1 aliphatic rings. The summed E-state index contributed by atoms with van der Waals surface area (Å²) in [7, 11) is -3.23. The standard InChI is InChI=1S/C13H26O3S/c1-5-10-7-6-8-11(9-10)12(14)13(2,3)17(4,15)16/h10-12,14H,5-9H2,1-4H3. The monoisotopic (exact) mass is 262 g/mol. The van der Waals surface area contributed by atoms with Crippen LogP contribution in [0.2, 0.25) is 0 Å². The summed E-state index contributed by atoms with van der Waals surface area (Å²) in [5, 5.41) is 10.4. The highest BCUT2D eigenvalue weighted by Gasteiger charge is 2.43. The number of aliphatic hydroxyl groups is 1. The third-order valence-electron chi connectivity index (χ3n) is 4.52. The molecule has 4 heteroatoms. The summed E-state index contributed by atoms with van der Waals surface area (Å²) in [6, 6.07) is 0. The third-order valence-corrected chi connectivity index (χ3v) is 6.67. The van der Waals surface area contributed by atoms with Crippen molar-refractivity contribution in [2.45, 2.75) is 63.7 Å². The van der Waals surface area contributed by atoms with E-state index in [-0.39, 0.29) is 5.92 Å². The molecule has 3 atom stereocenters. The predicted molar refractivity (Wildman–Crippen MR) is 70.7 cm³/mol. The van der Waals surface area contributed by atoms with Crippen LogP contribution in [0.4, 0.5) is 0 Å². The number of hydrogen-bond acceptors (Lipinski definition) is 3. The maximum atomic E-state index is 11.7. The maximum Gasteiger partial charge on any atom is 0.155 e. The van der Waals surface area contributed by atoms with Crippen LogP contribution in [0.5, 0.6) is 0 Å². The molecule has 1 fully saturated rings. The molecule has 102 valence electrons. The van der Waals surface area contributed by atoms with Crippen LogP contribution >= 0.6 is 0 Å². The van der Waals surface area contributed by atoms with E-state index in [1.807, 2.05) is 0 Å². The fourth-order valence-corrected chi connectivity index (χ4v) is 3.41. The molecule has 0 aromatic carbocycles. The molecular formula is C13H26O3S. The van der Waals surface area contributed by atoms with Gasteiger partial charge >= 0.3 is 0 Å². The molecule has 17 heavy (non-hydrogen) atoms. The van der Waals surface area contributed by atoms with Gasteiger partial charge in [0, 0.05) is 6.26 Å². The lowest BCUT2D eigenvalue weighted by molar-refractivity contribution is 0.0432. The molecule has 1 saturated carbocycles. The van der Waals surface area contributed by atoms with Crippen LogP contribution in [-0.4, -0.2) is 30.6 Å². The van der Waals surface area contributed by atoms with Gasteiger partial charge in [0.25, 0.3) is 0 Å². The van der Waals surface area contributed by atoms with E-state index in [1.54, 1.807) is 13.8 Å². The molecule has 0 aliphatic heterocycles. The zero-order chi connectivity index (χ0) is 13.3. The summed E-state index contributed by atoms with van der Waals surface area (Å²) < 4.78 is 22.4. The van der Waals surface area contributed by atoms with Crippen LogP contribution in [0.3, 0.4) is 0 Å². The molecule has 0 radical (unpaired) electrons. The second kappa shape index (κ2) is 5.27. The van der Waals surface area contributed by atoms with Crippen LogP contribution in [0.15, 0.2) is 0 Å². The highest BCUT2D eigenvalue weighted by atomic mass is 32.2. The lowest BCUT2D eigenvalue weighted by Crippen LogP contribution is -2.48. The molecule has 0 aromatic heterocycles. The van der Waals surface area contributed by atoms with Gasteiger partial charge in [-0.05, 0) is 38.5 Å². The highest BCUT2D eigenvalue weighted by molar-refractivity contribution is 7.92. The molecular weight excluding hydrogens is 236 g/mol. The summed E-state index contributed by atoms with van der Waals surface area (Å²) in [6.45, 7) is 5.45. The second-order valence-electron chi connectivity index (χ2n) is 6.02. The first-order valence-corrected chi connectivity index (χ1v) is 8.47. The first-order chi connectivity index (χ1) is 7.70. The van der Waals surface area contributed by atoms with Gasteiger partial charge in [0.15, 0.2) is 9.84 Å². The van der Waals surface area contributed by atoms with Crippen molar-refractivity contribution in [3.63, 3.8) is 0 Å². The van der Waals surface area contributed by atoms with Crippen molar-refractivity contribution in [3.05, 3.63) is 0 Å². The van der Waals surface area contributed by atoms with Gasteiger partial charge in [0.05, 0.1) is 10.9 Å². The summed E-state index contributed by atoms with van der Waals surface area (Å²) in [5.41, 5.74) is 0. The minimum atomic E-state index is -3.23. The fourth-order valence-electron chi connectivity index (χ4n) is 2.78. The van der Waals surface area contributed by atoms with E-state index in [0.717, 1.165) is 25.7 Å². The van der Waals surface area contributed by atoms with E-state index in [0.29, 0.717) is 5.92 Å². The predicted octanol–water partition coefficient (Wildman–Crippen LogP) is 2.39. The van der Waals surface area contributed by atoms with Crippen molar-refractivity contribution in [2.24, 2.45) is 11.8 Å². The Morgan fingerprint density at radius 3 is 2.41 bits per heavy atom. The normalized spacial score (nSPS) is 29.0. The number of rotatable bonds is 4. The number of hydrogen-bond donors (Lipinski definition) is 1. The lowest BCUT2D eigenvalue weighted by Gasteiger charge is -2.38. The van der Waals surface area contributed by atoms with Gasteiger partial charge in [0.1, 0.15) is 0 Å². The Morgan fingerprint density at radius 1 is 1.35 bits per heavy atom. The summed E-state index contributed by atoms with van der Waals surface area (Å²) in [4.78, 5) is 0. The average Bonchev–Trinajstić information content (AvgIpc) is 2.26. The fraction of sp³-hybridized carbons (Fsp3) is 1.00. The zero-order valence-corrected chi connectivity index (χ0v) is 12.3. The Hall–Kier alpha value is -0.0900. The molecule has 0 saturated heterocycles. The van der Waals surface area contributed by atoms with E-state index >= 15 is 0 Å². The van der Waals surface area contributed by atoms with Crippen LogP contribution < -0.4 is 0 Å². The Kier molecular flexibility index (Phi) is 4.64. The Bertz CT molecular complexity index is 346. The first kappa shape index (κ1) is 15.0. The molecule has 3 unspecified atom stereocenters. The van der Waals surface area contributed by atoms with Crippen LogP contribution in [0.25, 0.3) is 0 Å². The Labute approximate surface area is 106 Å². The molecule has 0 bridgehead atoms. The van der Waals surface area contributed by atoms with Crippen molar-refractivity contribution in [2.75, 3.05) is 6.26 Å². The van der Waals surface area contributed by atoms with E-state index in [4.69, 9.17) is 0 Å². The number of sulfone groups is 1. The van der Waals surface area contributed by atoms with Crippen LogP contribution in [-0.2, 0) is 9.84 Å². The minimum Gasteiger partial charge on any atom is -0.391 e. The quantitative estimate of drug-likeness (QED) is 0.846. The van der Waals surface area contributed by atoms with Gasteiger partial charge in [-0.25, -0.2) is 8.42 Å². The molecule has 0 spiro atoms. The molecule has 0 aromatic rings. The van der Waals surface area contributed by atoms with Gasteiger partial charge in [0.2, 0.25) is 0 Å². The first-order valence-electron chi connectivity index (χ1n) is 6.57. The van der Waals surface area contributed by atoms with Gasteiger partial charge in [-0.15, -0.1) is 0 Å². The van der Waals surface area contributed by atoms with Gasteiger partial charge < -0.3 is 5.11 Å². The van der Waals surface area contributed by atoms with E-state index in [9.17, 15) is 13.5 Å². The number of aliphatic hydroxyl groups excluding tert-OH is 1. The van der Waals surface area contributed by atoms with Crippen LogP contribution in [0, 0.1) is 11.8 Å². The minimum absolute atomic E-state index is 0.137. The zero-order valence-electron chi connectivity index (χ0n) is 11.4. The largest absolute Gasteiger partial charge is 0.391 e. The molecule has 1 N–H and O–H groups in total. The SMILES string of the molecule is CCC1CCCC(C(O)C(C)(C)S(C)(=O)=O)C1. The van der Waals surface area contributed by atoms with E-state index in [1.165, 1.54) is 12.7 Å². The topological polar surface area (TPSA) is 54.4 Å². The lowest BCUT2D eigenvalue weighted by atomic mass is 9.75. The molecule has 1 rings (SSSR count). The molecule has 0 heterocycles. The highest BCUT2D eigenvalue weighted by Crippen LogP contribution is 2.37. The van der Waals surface area contributed by atoms with Crippen molar-refractivity contribution < 1.29 is 13.5 Å². The molecule has 3 nitrogen and oxygen atoms in total. The third kappa shape index (κ3) is 3.22. The Balaban J connectivity index is 2.79. The summed E-state index contributed by atoms with van der Waals surface area (Å²) >= 11 is 0. The van der Waals surface area contributed by atoms with Crippen molar-refractivity contribution in [1.82, 2.24) is 0 Å². The smallest absolute Gasteiger partial charge is 0.155 e. The van der Waals surface area contributed by atoms with Gasteiger partial charge in [-0.3, -0.25) is 0 Å². The van der Waals surface area contributed by atoms with E-state index in [2.05, 4.69) is 6.92 Å². The summed E-state index contributed by atoms with van der Waals surface area (Å²) in [6.07, 6.45) is 5.86. The van der Waals surface area contributed by atoms with Crippen molar-refractivity contribution in [1.29, 1.82) is 0 Å². The second-order valence-corrected chi connectivity index (χ2v) is 8.62. The van der Waals surface area contributed by atoms with Gasteiger partial charge in [-0.2, -0.15) is 0 Å². The molecule has 1 aliphatic carbocycles. The van der Waals surface area contributed by atoms with E-state index < -0.39 is 20.7 Å². The maximum absolute atomic E-state index is 11.7. The Morgan fingerprint density at radius 2 is 1.94 bits per heavy atom. The van der Waals surface area contributed by atoms with Crippen molar-refractivity contribution >= 4 is 9.84 Å².